The topological polar surface area (TPSA) is 92.4 Å². The molecule has 3 N–H and O–H groups in total. The van der Waals surface area contributed by atoms with Crippen molar-refractivity contribution >= 4 is 36.0 Å². The molecular formula is C23H38IN5O3. The molecule has 0 bridgehead atoms. The number of methoxy groups -OCH3 is 1. The number of guanidine groups is 1. The summed E-state index contributed by atoms with van der Waals surface area (Å²) in [6.07, 6.45) is 5.13. The number of amides is 1. The van der Waals surface area contributed by atoms with E-state index in [9.17, 15) is 4.79 Å². The smallest absolute Gasteiger partial charge is 0.409 e. The van der Waals surface area contributed by atoms with E-state index in [1.165, 1.54) is 19.3 Å². The van der Waals surface area contributed by atoms with Gasteiger partial charge in [-0.15, -0.1) is 24.0 Å². The van der Waals surface area contributed by atoms with Crippen LogP contribution in [0.5, 0.6) is 5.75 Å². The molecule has 2 aliphatic rings. The number of hydrogen-bond donors (Lipinski definition) is 2. The van der Waals surface area contributed by atoms with Gasteiger partial charge in [0.1, 0.15) is 5.75 Å². The Labute approximate surface area is 208 Å². The lowest BCUT2D eigenvalue weighted by atomic mass is 10.0. The van der Waals surface area contributed by atoms with Crippen LogP contribution in [0.1, 0.15) is 50.6 Å². The Morgan fingerprint density at radius 2 is 1.88 bits per heavy atom. The largest absolute Gasteiger partial charge is 0.496 e. The number of para-hydroxylation sites is 1. The zero-order valence-corrected chi connectivity index (χ0v) is 21.6. The lowest BCUT2D eigenvalue weighted by Crippen LogP contribution is -2.48. The third-order valence-corrected chi connectivity index (χ3v) is 6.14. The van der Waals surface area contributed by atoms with E-state index in [0.717, 1.165) is 37.2 Å². The van der Waals surface area contributed by atoms with E-state index in [4.69, 9.17) is 20.2 Å². The standard InChI is InChI=1S/C23H37N5O3.HI/c1-3-31-23(29)28-15-11-18(12-16-28)26-22(24)25-17-20(27-13-7-4-8-14-27)19-9-5-6-10-21(19)30-2;/h5-6,9-10,18,20H,3-4,7-8,11-17H2,1-2H3,(H3,24,25,26);1H. The molecule has 0 aromatic heterocycles. The van der Waals surface area contributed by atoms with Gasteiger partial charge in [0.05, 0.1) is 26.3 Å². The van der Waals surface area contributed by atoms with E-state index in [2.05, 4.69) is 22.3 Å². The molecule has 0 spiro atoms. The lowest BCUT2D eigenvalue weighted by Gasteiger charge is -2.35. The van der Waals surface area contributed by atoms with Crippen molar-refractivity contribution in [2.24, 2.45) is 10.7 Å². The molecule has 9 heteroatoms. The van der Waals surface area contributed by atoms with Crippen LogP contribution in [0, 0.1) is 0 Å². The summed E-state index contributed by atoms with van der Waals surface area (Å²) in [5, 5.41) is 3.35. The minimum atomic E-state index is -0.233. The fourth-order valence-electron chi connectivity index (χ4n) is 4.44. The molecule has 2 saturated heterocycles. The van der Waals surface area contributed by atoms with Gasteiger partial charge >= 0.3 is 6.09 Å². The molecule has 1 amide bonds. The SMILES string of the molecule is CCOC(=O)N1CCC(NC(N)=NCC(c2ccccc2OC)N2CCCCC2)CC1.I. The second kappa shape index (κ2) is 13.7. The number of benzene rings is 1. The maximum absolute atomic E-state index is 11.9. The number of carbonyl (C=O) groups excluding carboxylic acids is 1. The van der Waals surface area contributed by atoms with Crippen molar-refractivity contribution in [2.45, 2.75) is 51.1 Å². The first-order chi connectivity index (χ1) is 15.1. The second-order valence-electron chi connectivity index (χ2n) is 8.18. The van der Waals surface area contributed by atoms with E-state index in [0.29, 0.717) is 32.2 Å². The highest BCUT2D eigenvalue weighted by atomic mass is 127. The Balaban J connectivity index is 0.00000363. The molecule has 180 valence electrons. The summed E-state index contributed by atoms with van der Waals surface area (Å²) < 4.78 is 10.7. The molecule has 1 aromatic rings. The number of halogens is 1. The van der Waals surface area contributed by atoms with Crippen molar-refractivity contribution in [3.63, 3.8) is 0 Å². The molecule has 1 unspecified atom stereocenters. The van der Waals surface area contributed by atoms with Gasteiger partial charge in [0, 0.05) is 24.7 Å². The van der Waals surface area contributed by atoms with E-state index >= 15 is 0 Å². The highest BCUT2D eigenvalue weighted by Crippen LogP contribution is 2.31. The van der Waals surface area contributed by atoms with Crippen LogP contribution in [0.2, 0.25) is 0 Å². The number of nitrogens with two attached hydrogens (primary N) is 1. The van der Waals surface area contributed by atoms with Gasteiger partial charge in [0.2, 0.25) is 0 Å². The predicted molar refractivity (Wildman–Crippen MR) is 138 cm³/mol. The fourth-order valence-corrected chi connectivity index (χ4v) is 4.44. The molecular weight excluding hydrogens is 521 g/mol. The summed E-state index contributed by atoms with van der Waals surface area (Å²) >= 11 is 0. The van der Waals surface area contributed by atoms with Crippen molar-refractivity contribution in [1.82, 2.24) is 15.1 Å². The molecule has 2 fully saturated rings. The van der Waals surface area contributed by atoms with E-state index < -0.39 is 0 Å². The number of nitrogens with zero attached hydrogens (tertiary/aromatic N) is 3. The first-order valence-electron chi connectivity index (χ1n) is 11.5. The summed E-state index contributed by atoms with van der Waals surface area (Å²) in [5.74, 6) is 1.36. The van der Waals surface area contributed by atoms with Gasteiger partial charge in [-0.1, -0.05) is 24.6 Å². The van der Waals surface area contributed by atoms with Gasteiger partial charge in [0.25, 0.3) is 0 Å². The van der Waals surface area contributed by atoms with Crippen molar-refractivity contribution in [1.29, 1.82) is 0 Å². The van der Waals surface area contributed by atoms with Crippen LogP contribution in [0.4, 0.5) is 4.79 Å². The van der Waals surface area contributed by atoms with Crippen molar-refractivity contribution in [2.75, 3.05) is 46.4 Å². The molecule has 2 heterocycles. The predicted octanol–water partition coefficient (Wildman–Crippen LogP) is 3.37. The van der Waals surface area contributed by atoms with Gasteiger partial charge < -0.3 is 25.4 Å². The lowest BCUT2D eigenvalue weighted by molar-refractivity contribution is 0.0963. The van der Waals surface area contributed by atoms with E-state index in [1.807, 2.05) is 19.1 Å². The van der Waals surface area contributed by atoms with Crippen LogP contribution in [0.15, 0.2) is 29.3 Å². The van der Waals surface area contributed by atoms with E-state index in [-0.39, 0.29) is 42.2 Å². The highest BCUT2D eigenvalue weighted by molar-refractivity contribution is 14.0. The summed E-state index contributed by atoms with van der Waals surface area (Å²) in [5.41, 5.74) is 7.42. The number of rotatable bonds is 7. The molecule has 0 saturated carbocycles. The molecule has 1 atom stereocenters. The number of nitrogens with one attached hydrogen (secondary N) is 1. The molecule has 0 radical (unpaired) electrons. The summed E-state index contributed by atoms with van der Waals surface area (Å²) in [4.78, 5) is 20.8. The summed E-state index contributed by atoms with van der Waals surface area (Å²) in [6, 6.07) is 8.54. The van der Waals surface area contributed by atoms with Crippen LogP contribution in [-0.2, 0) is 4.74 Å². The van der Waals surface area contributed by atoms with Crippen LogP contribution in [0.3, 0.4) is 0 Å². The fraction of sp³-hybridized carbons (Fsp3) is 0.652. The van der Waals surface area contributed by atoms with Crippen molar-refractivity contribution in [3.8, 4) is 5.75 Å². The number of carbonyl (C=O) groups is 1. The molecule has 1 aromatic carbocycles. The Morgan fingerprint density at radius 3 is 2.53 bits per heavy atom. The van der Waals surface area contributed by atoms with Crippen molar-refractivity contribution < 1.29 is 14.3 Å². The average molecular weight is 559 g/mol. The van der Waals surface area contributed by atoms with Crippen LogP contribution < -0.4 is 15.8 Å². The highest BCUT2D eigenvalue weighted by Gasteiger charge is 2.26. The van der Waals surface area contributed by atoms with Crippen molar-refractivity contribution in [3.05, 3.63) is 29.8 Å². The maximum Gasteiger partial charge on any atom is 0.409 e. The Hall–Kier alpha value is -1.75. The molecule has 0 aliphatic carbocycles. The number of likely N-dealkylation sites (tertiary alicyclic amines) is 2. The third kappa shape index (κ3) is 7.40. The minimum absolute atomic E-state index is 0. The van der Waals surface area contributed by atoms with E-state index in [1.54, 1.807) is 12.0 Å². The molecule has 2 aliphatic heterocycles. The minimum Gasteiger partial charge on any atom is -0.496 e. The average Bonchev–Trinajstić information content (AvgIpc) is 2.81. The first kappa shape index (κ1) is 26.5. The number of piperidine rings is 2. The third-order valence-electron chi connectivity index (χ3n) is 6.14. The summed E-state index contributed by atoms with van der Waals surface area (Å²) in [7, 11) is 1.72. The first-order valence-corrected chi connectivity index (χ1v) is 11.5. The Morgan fingerprint density at radius 1 is 1.19 bits per heavy atom. The quantitative estimate of drug-likeness (QED) is 0.303. The van der Waals surface area contributed by atoms with Crippen LogP contribution >= 0.6 is 24.0 Å². The van der Waals surface area contributed by atoms with Gasteiger partial charge in [0.15, 0.2) is 5.96 Å². The number of aliphatic imine (C=N–C) groups is 1. The van der Waals surface area contributed by atoms with Gasteiger partial charge in [-0.3, -0.25) is 9.89 Å². The number of hydrogen-bond acceptors (Lipinski definition) is 5. The van der Waals surface area contributed by atoms with Gasteiger partial charge in [-0.2, -0.15) is 0 Å². The molecule has 3 rings (SSSR count). The normalized spacial score (nSPS) is 19.1. The van der Waals surface area contributed by atoms with Crippen LogP contribution in [0.25, 0.3) is 0 Å². The zero-order valence-electron chi connectivity index (χ0n) is 19.3. The zero-order chi connectivity index (χ0) is 22.1. The molecule has 32 heavy (non-hydrogen) atoms. The summed E-state index contributed by atoms with van der Waals surface area (Å²) in [6.45, 7) is 6.28. The Bertz CT molecular complexity index is 734. The Kier molecular flexibility index (Phi) is 11.4. The molecule has 8 nitrogen and oxygen atoms in total. The van der Waals surface area contributed by atoms with Crippen LogP contribution in [-0.4, -0.2) is 74.3 Å². The number of ether oxygens (including phenoxy) is 2. The van der Waals surface area contributed by atoms with Gasteiger partial charge in [-0.25, -0.2) is 4.79 Å². The monoisotopic (exact) mass is 559 g/mol. The van der Waals surface area contributed by atoms with Gasteiger partial charge in [-0.05, 0) is 51.8 Å². The second-order valence-corrected chi connectivity index (χ2v) is 8.18. The maximum atomic E-state index is 11.9.